The average Bonchev–Trinajstić information content (AvgIpc) is 3.14. The van der Waals surface area contributed by atoms with Crippen LogP contribution >= 0.6 is 0 Å². The highest BCUT2D eigenvalue weighted by atomic mass is 16.6. The van der Waals surface area contributed by atoms with Crippen LogP contribution in [0.2, 0.25) is 0 Å². The number of methoxy groups -OCH3 is 1. The van der Waals surface area contributed by atoms with Crippen molar-refractivity contribution in [3.05, 3.63) is 23.8 Å². The van der Waals surface area contributed by atoms with Gasteiger partial charge in [-0.2, -0.15) is 0 Å². The van der Waals surface area contributed by atoms with E-state index in [9.17, 15) is 19.2 Å². The molecule has 1 aromatic carbocycles. The number of imide groups is 1. The van der Waals surface area contributed by atoms with Crippen LogP contribution < -0.4 is 14.2 Å². The molecular weight excluding hydrogens is 418 g/mol. The van der Waals surface area contributed by atoms with E-state index in [1.54, 1.807) is 35.1 Å². The molecule has 1 aromatic rings. The minimum Gasteiger partial charge on any atom is -0.493 e. The zero-order chi connectivity index (χ0) is 22.7. The smallest absolute Gasteiger partial charge is 0.246 e. The number of hydrogen-bond acceptors (Lipinski definition) is 7. The van der Waals surface area contributed by atoms with Gasteiger partial charge in [0.05, 0.1) is 7.11 Å². The molecule has 0 bridgehead atoms. The third kappa shape index (κ3) is 4.53. The van der Waals surface area contributed by atoms with Gasteiger partial charge in [-0.3, -0.25) is 24.1 Å². The number of amides is 4. The van der Waals surface area contributed by atoms with E-state index in [0.717, 1.165) is 10.5 Å². The fourth-order valence-electron chi connectivity index (χ4n) is 3.87. The highest BCUT2D eigenvalue weighted by molar-refractivity contribution is 6.04. The predicted octanol–water partition coefficient (Wildman–Crippen LogP) is 0.299. The summed E-state index contributed by atoms with van der Waals surface area (Å²) in [4.78, 5) is 52.7. The lowest BCUT2D eigenvalue weighted by Crippen LogP contribution is -2.52. The molecule has 170 valence electrons. The molecule has 10 nitrogen and oxygen atoms in total. The highest BCUT2D eigenvalue weighted by Gasteiger charge is 2.32. The Morgan fingerprint density at radius 1 is 1.00 bits per heavy atom. The van der Waals surface area contributed by atoms with E-state index in [1.165, 1.54) is 6.08 Å². The molecule has 3 aliphatic rings. The lowest BCUT2D eigenvalue weighted by Gasteiger charge is -2.34. The summed E-state index contributed by atoms with van der Waals surface area (Å²) in [6, 6.07) is 3.56. The van der Waals surface area contributed by atoms with Crippen molar-refractivity contribution in [3.63, 3.8) is 0 Å². The maximum absolute atomic E-state index is 12.6. The summed E-state index contributed by atoms with van der Waals surface area (Å²) in [7, 11) is 1.54. The average molecular weight is 443 g/mol. The van der Waals surface area contributed by atoms with Gasteiger partial charge in [-0.05, 0) is 23.8 Å². The number of hydrogen-bond donors (Lipinski definition) is 0. The second-order valence-electron chi connectivity index (χ2n) is 7.66. The molecule has 0 unspecified atom stereocenters. The van der Waals surface area contributed by atoms with Gasteiger partial charge in [-0.15, -0.1) is 0 Å². The van der Waals surface area contributed by atoms with E-state index < -0.39 is 0 Å². The van der Waals surface area contributed by atoms with Crippen molar-refractivity contribution >= 4 is 29.7 Å². The Morgan fingerprint density at radius 3 is 2.34 bits per heavy atom. The molecular formula is C22H25N3O7. The van der Waals surface area contributed by atoms with E-state index in [-0.39, 0.29) is 43.0 Å². The van der Waals surface area contributed by atoms with Crippen LogP contribution in [0.1, 0.15) is 18.4 Å². The zero-order valence-electron chi connectivity index (χ0n) is 17.9. The van der Waals surface area contributed by atoms with E-state index in [0.29, 0.717) is 56.6 Å². The van der Waals surface area contributed by atoms with Gasteiger partial charge in [0.25, 0.3) is 0 Å². The number of rotatable bonds is 5. The number of fused-ring (bicyclic) bond motifs is 1. The minimum atomic E-state index is -0.307. The molecule has 0 saturated carbocycles. The first kappa shape index (κ1) is 21.7. The first-order valence-electron chi connectivity index (χ1n) is 10.5. The van der Waals surface area contributed by atoms with Crippen molar-refractivity contribution in [2.24, 2.45) is 0 Å². The number of likely N-dealkylation sites (tertiary alicyclic amines) is 1. The lowest BCUT2D eigenvalue weighted by atomic mass is 10.1. The van der Waals surface area contributed by atoms with Crippen molar-refractivity contribution in [2.45, 2.75) is 12.8 Å². The van der Waals surface area contributed by atoms with Crippen LogP contribution in [-0.2, 0) is 19.2 Å². The van der Waals surface area contributed by atoms with Crippen LogP contribution in [0.25, 0.3) is 6.08 Å². The van der Waals surface area contributed by atoms with Gasteiger partial charge >= 0.3 is 0 Å². The first-order chi connectivity index (χ1) is 15.5. The molecule has 0 radical (unpaired) electrons. The second-order valence-corrected chi connectivity index (χ2v) is 7.66. The maximum Gasteiger partial charge on any atom is 0.246 e. The third-order valence-corrected chi connectivity index (χ3v) is 5.66. The fraction of sp³-hybridized carbons (Fsp3) is 0.455. The summed E-state index contributed by atoms with van der Waals surface area (Å²) < 4.78 is 16.5. The minimum absolute atomic E-state index is 0.163. The molecule has 0 aliphatic carbocycles. The van der Waals surface area contributed by atoms with Gasteiger partial charge < -0.3 is 24.0 Å². The van der Waals surface area contributed by atoms with Gasteiger partial charge in [0.1, 0.15) is 19.8 Å². The van der Waals surface area contributed by atoms with Crippen LogP contribution in [-0.4, -0.2) is 91.4 Å². The van der Waals surface area contributed by atoms with Gasteiger partial charge in [-0.1, -0.05) is 0 Å². The quantitative estimate of drug-likeness (QED) is 0.476. The molecule has 0 N–H and O–H groups in total. The van der Waals surface area contributed by atoms with Crippen LogP contribution in [0.15, 0.2) is 18.2 Å². The maximum atomic E-state index is 12.6. The van der Waals surface area contributed by atoms with Gasteiger partial charge in [0.15, 0.2) is 11.5 Å². The molecule has 3 heterocycles. The molecule has 3 aliphatic heterocycles. The number of ether oxygens (including phenoxy) is 3. The van der Waals surface area contributed by atoms with E-state index in [4.69, 9.17) is 14.2 Å². The van der Waals surface area contributed by atoms with Gasteiger partial charge in [-0.25, -0.2) is 0 Å². The zero-order valence-corrected chi connectivity index (χ0v) is 17.9. The molecule has 10 heteroatoms. The number of nitrogens with zero attached hydrogens (tertiary/aromatic N) is 3. The molecule has 0 atom stereocenters. The Kier molecular flexibility index (Phi) is 6.29. The van der Waals surface area contributed by atoms with E-state index in [2.05, 4.69) is 0 Å². The standard InChI is InChI=1S/C22H25N3O7/c1-30-16-12-15(13-17-22(16)32-11-10-31-17)2-3-18(26)23-6-8-24(9-7-23)21(29)14-25-19(27)4-5-20(25)28/h2-3,12-13H,4-11,14H2,1H3/b3-2+. The van der Waals surface area contributed by atoms with Gasteiger partial charge in [0.2, 0.25) is 29.4 Å². The molecule has 2 saturated heterocycles. The van der Waals surface area contributed by atoms with Crippen LogP contribution in [0.3, 0.4) is 0 Å². The predicted molar refractivity (Wildman–Crippen MR) is 112 cm³/mol. The fourth-order valence-corrected chi connectivity index (χ4v) is 3.87. The van der Waals surface area contributed by atoms with Crippen molar-refractivity contribution in [3.8, 4) is 17.2 Å². The Morgan fingerprint density at radius 2 is 1.66 bits per heavy atom. The molecule has 32 heavy (non-hydrogen) atoms. The Labute approximate surface area is 185 Å². The molecule has 2 fully saturated rings. The molecule has 4 rings (SSSR count). The summed E-state index contributed by atoms with van der Waals surface area (Å²) in [5.74, 6) is 0.605. The van der Waals surface area contributed by atoms with Crippen LogP contribution in [0.5, 0.6) is 17.2 Å². The normalized spacial score (nSPS) is 18.5. The van der Waals surface area contributed by atoms with Crippen molar-refractivity contribution < 1.29 is 33.4 Å². The van der Waals surface area contributed by atoms with Crippen molar-refractivity contribution in [1.29, 1.82) is 0 Å². The summed E-state index contributed by atoms with van der Waals surface area (Å²) in [6.45, 7) is 2.14. The number of carbonyl (C=O) groups is 4. The monoisotopic (exact) mass is 443 g/mol. The van der Waals surface area contributed by atoms with E-state index in [1.807, 2.05) is 0 Å². The molecule has 0 spiro atoms. The van der Waals surface area contributed by atoms with Crippen molar-refractivity contribution in [1.82, 2.24) is 14.7 Å². The lowest BCUT2D eigenvalue weighted by molar-refractivity contribution is -0.146. The van der Waals surface area contributed by atoms with Gasteiger partial charge in [0, 0.05) is 45.1 Å². The third-order valence-electron chi connectivity index (χ3n) is 5.66. The van der Waals surface area contributed by atoms with Crippen LogP contribution in [0.4, 0.5) is 0 Å². The number of carbonyl (C=O) groups excluding carboxylic acids is 4. The topological polar surface area (TPSA) is 106 Å². The van der Waals surface area contributed by atoms with Crippen molar-refractivity contribution in [2.75, 3.05) is 53.0 Å². The molecule has 4 amide bonds. The second kappa shape index (κ2) is 9.29. The SMILES string of the molecule is COc1cc(/C=C/C(=O)N2CCN(C(=O)CN3C(=O)CCC3=O)CC2)cc2c1OCCO2. The Balaban J connectivity index is 1.32. The number of benzene rings is 1. The Bertz CT molecular complexity index is 933. The summed E-state index contributed by atoms with van der Waals surface area (Å²) in [5.41, 5.74) is 0.744. The van der Waals surface area contributed by atoms with Crippen LogP contribution in [0, 0.1) is 0 Å². The highest BCUT2D eigenvalue weighted by Crippen LogP contribution is 2.40. The Hall–Kier alpha value is -3.56. The first-order valence-corrected chi connectivity index (χ1v) is 10.5. The summed E-state index contributed by atoms with van der Waals surface area (Å²) in [5, 5.41) is 0. The summed E-state index contributed by atoms with van der Waals surface area (Å²) in [6.07, 6.45) is 3.49. The number of piperazine rings is 1. The summed E-state index contributed by atoms with van der Waals surface area (Å²) >= 11 is 0. The van der Waals surface area contributed by atoms with E-state index >= 15 is 0 Å². The molecule has 0 aromatic heterocycles. The largest absolute Gasteiger partial charge is 0.493 e.